The summed E-state index contributed by atoms with van der Waals surface area (Å²) >= 11 is 5.95. The molecule has 0 aliphatic carbocycles. The third kappa shape index (κ3) is 1.93. The summed E-state index contributed by atoms with van der Waals surface area (Å²) < 4.78 is 5.13. The van der Waals surface area contributed by atoms with Gasteiger partial charge in [-0.25, -0.2) is 4.98 Å². The Morgan fingerprint density at radius 1 is 1.11 bits per heavy atom. The molecule has 90 valence electrons. The minimum Gasteiger partial charge on any atom is -0.497 e. The van der Waals surface area contributed by atoms with Crippen LogP contribution in [0.3, 0.4) is 0 Å². The van der Waals surface area contributed by atoms with Crippen LogP contribution in [0.15, 0.2) is 42.5 Å². The first-order valence-electron chi connectivity index (χ1n) is 5.56. The lowest BCUT2D eigenvalue weighted by Crippen LogP contribution is -1.83. The highest BCUT2D eigenvalue weighted by molar-refractivity contribution is 6.31. The molecule has 1 aromatic heterocycles. The Hall–Kier alpha value is -2.00. The van der Waals surface area contributed by atoms with Crippen molar-refractivity contribution in [3.05, 3.63) is 47.5 Å². The van der Waals surface area contributed by atoms with Gasteiger partial charge in [0.05, 0.1) is 18.1 Å². The SMILES string of the molecule is COc1ccc(-c2nc3ccc(Cl)cc3[nH]2)cc1. The highest BCUT2D eigenvalue weighted by Gasteiger charge is 2.05. The molecule has 0 amide bonds. The Bertz CT molecular complexity index is 689. The molecule has 0 atom stereocenters. The normalized spacial score (nSPS) is 10.8. The summed E-state index contributed by atoms with van der Waals surface area (Å²) in [7, 11) is 1.65. The number of benzene rings is 2. The van der Waals surface area contributed by atoms with E-state index in [1.165, 1.54) is 0 Å². The molecular weight excluding hydrogens is 248 g/mol. The number of methoxy groups -OCH3 is 1. The van der Waals surface area contributed by atoms with E-state index in [1.54, 1.807) is 7.11 Å². The van der Waals surface area contributed by atoms with E-state index in [2.05, 4.69) is 9.97 Å². The van der Waals surface area contributed by atoms with Crippen LogP contribution < -0.4 is 4.74 Å². The summed E-state index contributed by atoms with van der Waals surface area (Å²) in [4.78, 5) is 7.78. The maximum Gasteiger partial charge on any atom is 0.138 e. The average molecular weight is 259 g/mol. The number of rotatable bonds is 2. The smallest absolute Gasteiger partial charge is 0.138 e. The molecule has 18 heavy (non-hydrogen) atoms. The maximum atomic E-state index is 5.95. The second kappa shape index (κ2) is 4.35. The zero-order valence-electron chi connectivity index (χ0n) is 9.77. The van der Waals surface area contributed by atoms with Crippen molar-refractivity contribution in [1.82, 2.24) is 9.97 Å². The van der Waals surface area contributed by atoms with Crippen LogP contribution in [-0.4, -0.2) is 17.1 Å². The number of nitrogens with one attached hydrogen (secondary N) is 1. The van der Waals surface area contributed by atoms with Gasteiger partial charge in [0, 0.05) is 10.6 Å². The van der Waals surface area contributed by atoms with Gasteiger partial charge < -0.3 is 9.72 Å². The third-order valence-electron chi connectivity index (χ3n) is 2.81. The first-order valence-corrected chi connectivity index (χ1v) is 5.94. The average Bonchev–Trinajstić information content (AvgIpc) is 2.81. The van der Waals surface area contributed by atoms with Gasteiger partial charge in [-0.3, -0.25) is 0 Å². The van der Waals surface area contributed by atoms with Gasteiger partial charge in [-0.05, 0) is 42.5 Å². The van der Waals surface area contributed by atoms with Gasteiger partial charge in [0.15, 0.2) is 0 Å². The standard InChI is InChI=1S/C14H11ClN2O/c1-18-11-5-2-9(3-6-11)14-16-12-7-4-10(15)8-13(12)17-14/h2-8H,1H3,(H,16,17). The number of H-pyrrole nitrogens is 1. The van der Waals surface area contributed by atoms with Crippen molar-refractivity contribution in [3.63, 3.8) is 0 Å². The van der Waals surface area contributed by atoms with E-state index in [4.69, 9.17) is 16.3 Å². The second-order valence-corrected chi connectivity index (χ2v) is 4.41. The van der Waals surface area contributed by atoms with E-state index in [9.17, 15) is 0 Å². The van der Waals surface area contributed by atoms with E-state index in [1.807, 2.05) is 42.5 Å². The molecule has 3 aromatic rings. The van der Waals surface area contributed by atoms with Gasteiger partial charge in [-0.2, -0.15) is 0 Å². The number of nitrogens with zero attached hydrogens (tertiary/aromatic N) is 1. The first kappa shape index (κ1) is 11.1. The molecule has 0 radical (unpaired) electrons. The van der Waals surface area contributed by atoms with E-state index < -0.39 is 0 Å². The van der Waals surface area contributed by atoms with Crippen molar-refractivity contribution < 1.29 is 4.74 Å². The molecule has 0 bridgehead atoms. The Morgan fingerprint density at radius 3 is 2.61 bits per heavy atom. The van der Waals surface area contributed by atoms with Crippen LogP contribution in [0.25, 0.3) is 22.4 Å². The summed E-state index contributed by atoms with van der Waals surface area (Å²) in [6, 6.07) is 13.4. The van der Waals surface area contributed by atoms with Crippen LogP contribution in [0.4, 0.5) is 0 Å². The third-order valence-corrected chi connectivity index (χ3v) is 3.04. The summed E-state index contributed by atoms with van der Waals surface area (Å²) in [5.41, 5.74) is 2.86. The highest BCUT2D eigenvalue weighted by atomic mass is 35.5. The number of fused-ring (bicyclic) bond motifs is 1. The van der Waals surface area contributed by atoms with Crippen LogP contribution in [0.1, 0.15) is 0 Å². The molecule has 0 saturated heterocycles. The predicted octanol–water partition coefficient (Wildman–Crippen LogP) is 3.89. The number of halogens is 1. The molecule has 3 rings (SSSR count). The Balaban J connectivity index is 2.07. The van der Waals surface area contributed by atoms with Crippen molar-refractivity contribution in [2.75, 3.05) is 7.11 Å². The lowest BCUT2D eigenvalue weighted by molar-refractivity contribution is 0.415. The molecule has 1 heterocycles. The maximum absolute atomic E-state index is 5.95. The van der Waals surface area contributed by atoms with Gasteiger partial charge in [-0.15, -0.1) is 0 Å². The Kier molecular flexibility index (Phi) is 2.68. The zero-order valence-corrected chi connectivity index (χ0v) is 10.5. The minimum atomic E-state index is 0.701. The van der Waals surface area contributed by atoms with Crippen LogP contribution in [0, 0.1) is 0 Å². The summed E-state index contributed by atoms with van der Waals surface area (Å²) in [6.45, 7) is 0. The number of hydrogen-bond acceptors (Lipinski definition) is 2. The molecule has 0 aliphatic heterocycles. The summed E-state index contributed by atoms with van der Waals surface area (Å²) in [5, 5.41) is 0.701. The van der Waals surface area contributed by atoms with E-state index in [0.717, 1.165) is 28.2 Å². The molecule has 0 fully saturated rings. The molecule has 0 aliphatic rings. The molecular formula is C14H11ClN2O. The van der Waals surface area contributed by atoms with Crippen LogP contribution in [0.5, 0.6) is 5.75 Å². The van der Waals surface area contributed by atoms with Crippen molar-refractivity contribution in [3.8, 4) is 17.1 Å². The predicted molar refractivity (Wildman–Crippen MR) is 73.1 cm³/mol. The zero-order chi connectivity index (χ0) is 12.5. The topological polar surface area (TPSA) is 37.9 Å². The van der Waals surface area contributed by atoms with Gasteiger partial charge >= 0.3 is 0 Å². The first-order chi connectivity index (χ1) is 8.76. The fraction of sp³-hybridized carbons (Fsp3) is 0.0714. The lowest BCUT2D eigenvalue weighted by Gasteiger charge is -2.00. The van der Waals surface area contributed by atoms with E-state index >= 15 is 0 Å². The van der Waals surface area contributed by atoms with Crippen molar-refractivity contribution in [2.24, 2.45) is 0 Å². The van der Waals surface area contributed by atoms with Gasteiger partial charge in [0.1, 0.15) is 11.6 Å². The Morgan fingerprint density at radius 2 is 1.89 bits per heavy atom. The largest absolute Gasteiger partial charge is 0.497 e. The molecule has 0 unspecified atom stereocenters. The molecule has 0 spiro atoms. The second-order valence-electron chi connectivity index (χ2n) is 3.98. The van der Waals surface area contributed by atoms with Crippen LogP contribution >= 0.6 is 11.6 Å². The van der Waals surface area contributed by atoms with Gasteiger partial charge in [-0.1, -0.05) is 11.6 Å². The lowest BCUT2D eigenvalue weighted by atomic mass is 10.2. The van der Waals surface area contributed by atoms with Crippen molar-refractivity contribution in [2.45, 2.75) is 0 Å². The van der Waals surface area contributed by atoms with Gasteiger partial charge in [0.2, 0.25) is 0 Å². The highest BCUT2D eigenvalue weighted by Crippen LogP contribution is 2.24. The van der Waals surface area contributed by atoms with Gasteiger partial charge in [0.25, 0.3) is 0 Å². The van der Waals surface area contributed by atoms with E-state index in [-0.39, 0.29) is 0 Å². The number of ether oxygens (including phenoxy) is 1. The number of aromatic nitrogens is 2. The number of imidazole rings is 1. The number of aromatic amines is 1. The van der Waals surface area contributed by atoms with Crippen LogP contribution in [0.2, 0.25) is 5.02 Å². The van der Waals surface area contributed by atoms with Crippen molar-refractivity contribution in [1.29, 1.82) is 0 Å². The molecule has 4 heteroatoms. The molecule has 0 saturated carbocycles. The molecule has 1 N–H and O–H groups in total. The summed E-state index contributed by atoms with van der Waals surface area (Å²) in [6.07, 6.45) is 0. The Labute approximate surface area is 109 Å². The van der Waals surface area contributed by atoms with E-state index in [0.29, 0.717) is 5.02 Å². The number of hydrogen-bond donors (Lipinski definition) is 1. The molecule has 2 aromatic carbocycles. The molecule has 3 nitrogen and oxygen atoms in total. The monoisotopic (exact) mass is 258 g/mol. The van der Waals surface area contributed by atoms with Crippen molar-refractivity contribution >= 4 is 22.6 Å². The van der Waals surface area contributed by atoms with Crippen LogP contribution in [-0.2, 0) is 0 Å². The minimum absolute atomic E-state index is 0.701. The quantitative estimate of drug-likeness (QED) is 0.757. The fourth-order valence-electron chi connectivity index (χ4n) is 1.87. The summed E-state index contributed by atoms with van der Waals surface area (Å²) in [5.74, 6) is 1.66. The fourth-order valence-corrected chi connectivity index (χ4v) is 2.04.